The van der Waals surface area contributed by atoms with E-state index in [1.165, 1.54) is 12.1 Å². The van der Waals surface area contributed by atoms with Crippen molar-refractivity contribution in [1.29, 1.82) is 5.26 Å². The van der Waals surface area contributed by atoms with Crippen LogP contribution in [-0.2, 0) is 6.42 Å². The zero-order valence-electron chi connectivity index (χ0n) is 6.01. The lowest BCUT2D eigenvalue weighted by molar-refractivity contribution is 0.460. The molecule has 2 nitrogen and oxygen atoms in total. The second kappa shape index (κ2) is 3.55. The molecular formula is C8H5BrFNO. The van der Waals surface area contributed by atoms with E-state index in [0.29, 0.717) is 0 Å². The Hall–Kier alpha value is -1.08. The smallest absolute Gasteiger partial charge is 0.145 e. The summed E-state index contributed by atoms with van der Waals surface area (Å²) in [7, 11) is 0. The van der Waals surface area contributed by atoms with Crippen molar-refractivity contribution in [3.63, 3.8) is 0 Å². The fourth-order valence-corrected chi connectivity index (χ4v) is 1.20. The lowest BCUT2D eigenvalue weighted by atomic mass is 10.1. The summed E-state index contributed by atoms with van der Waals surface area (Å²) >= 11 is 2.95. The summed E-state index contributed by atoms with van der Waals surface area (Å²) in [5.41, 5.74) is 0.0341. The minimum Gasteiger partial charge on any atom is -0.508 e. The maximum absolute atomic E-state index is 13.1. The molecular weight excluding hydrogens is 225 g/mol. The van der Waals surface area contributed by atoms with Crippen LogP contribution in [-0.4, -0.2) is 5.11 Å². The predicted molar refractivity (Wildman–Crippen MR) is 45.1 cm³/mol. The first-order valence-corrected chi connectivity index (χ1v) is 3.99. The molecule has 0 aliphatic rings. The van der Waals surface area contributed by atoms with Crippen molar-refractivity contribution in [2.24, 2.45) is 0 Å². The number of benzene rings is 1. The average Bonchev–Trinajstić information content (AvgIpc) is 2.06. The van der Waals surface area contributed by atoms with E-state index in [9.17, 15) is 4.39 Å². The fourth-order valence-electron chi connectivity index (χ4n) is 0.830. The molecule has 0 atom stereocenters. The fraction of sp³-hybridized carbons (Fsp3) is 0.125. The van der Waals surface area contributed by atoms with Gasteiger partial charge in [-0.1, -0.05) is 0 Å². The number of phenols is 1. The number of halogens is 2. The van der Waals surface area contributed by atoms with Gasteiger partial charge in [0.25, 0.3) is 0 Å². The summed E-state index contributed by atoms with van der Waals surface area (Å²) in [6.45, 7) is 0. The van der Waals surface area contributed by atoms with Crippen LogP contribution in [0.5, 0.6) is 5.75 Å². The number of phenolic OH excluding ortho intramolecular Hbond substituents is 1. The van der Waals surface area contributed by atoms with Gasteiger partial charge in [-0.25, -0.2) is 4.39 Å². The van der Waals surface area contributed by atoms with E-state index in [2.05, 4.69) is 15.9 Å². The summed E-state index contributed by atoms with van der Waals surface area (Å²) in [5, 5.41) is 17.5. The molecule has 0 amide bonds. The molecule has 1 aromatic rings. The van der Waals surface area contributed by atoms with Crippen molar-refractivity contribution in [3.05, 3.63) is 28.0 Å². The zero-order chi connectivity index (χ0) is 9.14. The highest BCUT2D eigenvalue weighted by Gasteiger charge is 2.10. The van der Waals surface area contributed by atoms with Gasteiger partial charge in [0.05, 0.1) is 17.0 Å². The van der Waals surface area contributed by atoms with Crippen molar-refractivity contribution in [2.45, 2.75) is 6.42 Å². The zero-order valence-corrected chi connectivity index (χ0v) is 7.60. The van der Waals surface area contributed by atoms with E-state index in [-0.39, 0.29) is 22.2 Å². The summed E-state index contributed by atoms with van der Waals surface area (Å²) in [6, 6.07) is 4.51. The second-order valence-corrected chi connectivity index (χ2v) is 3.05. The van der Waals surface area contributed by atoms with Gasteiger partial charge in [0.1, 0.15) is 11.6 Å². The molecule has 1 rings (SSSR count). The van der Waals surface area contributed by atoms with Gasteiger partial charge in [-0.2, -0.15) is 5.26 Å². The molecule has 0 saturated carbocycles. The van der Waals surface area contributed by atoms with Crippen LogP contribution in [0, 0.1) is 17.1 Å². The molecule has 0 saturated heterocycles. The Balaban J connectivity index is 3.25. The molecule has 0 spiro atoms. The van der Waals surface area contributed by atoms with Crippen LogP contribution in [0.25, 0.3) is 0 Å². The molecule has 0 aromatic heterocycles. The van der Waals surface area contributed by atoms with Crippen LogP contribution < -0.4 is 0 Å². The maximum atomic E-state index is 13.1. The van der Waals surface area contributed by atoms with E-state index in [4.69, 9.17) is 10.4 Å². The lowest BCUT2D eigenvalue weighted by Gasteiger charge is -2.02. The van der Waals surface area contributed by atoms with E-state index in [0.717, 1.165) is 0 Å². The Bertz CT molecular complexity index is 346. The van der Waals surface area contributed by atoms with Gasteiger partial charge in [0.15, 0.2) is 0 Å². The SMILES string of the molecule is N#CCc1c(O)ccc(Br)c1F. The summed E-state index contributed by atoms with van der Waals surface area (Å²) in [6.07, 6.45) is -0.128. The molecule has 4 heteroatoms. The quantitative estimate of drug-likeness (QED) is 0.804. The summed E-state index contributed by atoms with van der Waals surface area (Å²) < 4.78 is 13.3. The van der Waals surface area contributed by atoms with Gasteiger partial charge in [-0.15, -0.1) is 0 Å². The van der Waals surface area contributed by atoms with Crippen LogP contribution in [0.3, 0.4) is 0 Å². The van der Waals surface area contributed by atoms with Gasteiger partial charge >= 0.3 is 0 Å². The number of hydrogen-bond acceptors (Lipinski definition) is 2. The van der Waals surface area contributed by atoms with E-state index < -0.39 is 5.82 Å². The van der Waals surface area contributed by atoms with Crippen molar-refractivity contribution < 1.29 is 9.50 Å². The summed E-state index contributed by atoms with van der Waals surface area (Å²) in [5.74, 6) is -0.756. The first kappa shape index (κ1) is 9.01. The number of rotatable bonds is 1. The van der Waals surface area contributed by atoms with E-state index >= 15 is 0 Å². The molecule has 0 bridgehead atoms. The number of hydrogen-bond donors (Lipinski definition) is 1. The van der Waals surface area contributed by atoms with Crippen molar-refractivity contribution in [2.75, 3.05) is 0 Å². The van der Waals surface area contributed by atoms with Gasteiger partial charge in [0.2, 0.25) is 0 Å². The Morgan fingerprint density at radius 1 is 1.58 bits per heavy atom. The van der Waals surface area contributed by atoms with E-state index in [1.54, 1.807) is 6.07 Å². The van der Waals surface area contributed by atoms with Gasteiger partial charge in [-0.3, -0.25) is 0 Å². The molecule has 12 heavy (non-hydrogen) atoms. The Labute approximate surface area is 77.4 Å². The van der Waals surface area contributed by atoms with Crippen LogP contribution in [0.15, 0.2) is 16.6 Å². The largest absolute Gasteiger partial charge is 0.508 e. The highest BCUT2D eigenvalue weighted by atomic mass is 79.9. The molecule has 62 valence electrons. The van der Waals surface area contributed by atoms with Gasteiger partial charge < -0.3 is 5.11 Å². The Morgan fingerprint density at radius 2 is 2.25 bits per heavy atom. The van der Waals surface area contributed by atoms with Crippen LogP contribution in [0.2, 0.25) is 0 Å². The van der Waals surface area contributed by atoms with Crippen LogP contribution in [0.1, 0.15) is 5.56 Å². The van der Waals surface area contributed by atoms with Crippen LogP contribution >= 0.6 is 15.9 Å². The molecule has 0 aliphatic carbocycles. The van der Waals surface area contributed by atoms with Crippen molar-refractivity contribution in [3.8, 4) is 11.8 Å². The molecule has 0 radical (unpaired) electrons. The molecule has 0 unspecified atom stereocenters. The minimum atomic E-state index is -0.573. The third-order valence-electron chi connectivity index (χ3n) is 1.43. The standard InChI is InChI=1S/C8H5BrFNO/c9-6-1-2-7(12)5(3-4-11)8(6)10/h1-2,12H,3H2. The predicted octanol–water partition coefficient (Wildman–Crippen LogP) is 2.36. The third kappa shape index (κ3) is 1.56. The second-order valence-electron chi connectivity index (χ2n) is 2.19. The number of aromatic hydroxyl groups is 1. The van der Waals surface area contributed by atoms with E-state index in [1.807, 2.05) is 0 Å². The Kier molecular flexibility index (Phi) is 2.66. The van der Waals surface area contributed by atoms with Gasteiger partial charge in [0, 0.05) is 5.56 Å². The monoisotopic (exact) mass is 229 g/mol. The lowest BCUT2D eigenvalue weighted by Crippen LogP contribution is -1.90. The molecule has 1 N–H and O–H groups in total. The highest BCUT2D eigenvalue weighted by molar-refractivity contribution is 9.10. The van der Waals surface area contributed by atoms with Crippen molar-refractivity contribution >= 4 is 15.9 Å². The normalized spacial score (nSPS) is 9.42. The summed E-state index contributed by atoms with van der Waals surface area (Å²) in [4.78, 5) is 0. The first-order valence-electron chi connectivity index (χ1n) is 3.19. The molecule has 0 heterocycles. The molecule has 0 fully saturated rings. The number of nitrogens with zero attached hydrogens (tertiary/aromatic N) is 1. The highest BCUT2D eigenvalue weighted by Crippen LogP contribution is 2.26. The average molecular weight is 230 g/mol. The number of nitriles is 1. The molecule has 1 aromatic carbocycles. The minimum absolute atomic E-state index is 0.0341. The first-order chi connectivity index (χ1) is 5.66. The maximum Gasteiger partial charge on any atom is 0.145 e. The third-order valence-corrected chi connectivity index (χ3v) is 2.04. The van der Waals surface area contributed by atoms with Gasteiger partial charge in [-0.05, 0) is 28.1 Å². The van der Waals surface area contributed by atoms with Crippen molar-refractivity contribution in [1.82, 2.24) is 0 Å². The molecule has 0 aliphatic heterocycles. The van der Waals surface area contributed by atoms with Crippen LogP contribution in [0.4, 0.5) is 4.39 Å². The Morgan fingerprint density at radius 3 is 2.83 bits per heavy atom. The topological polar surface area (TPSA) is 44.0 Å².